The highest BCUT2D eigenvalue weighted by molar-refractivity contribution is 7.90. The van der Waals surface area contributed by atoms with Crippen LogP contribution in [0.4, 0.5) is 0 Å². The standard InChI is InChI=1S/C24H32N4O5S2/c1-26(2)10-11-27(23(29)22-9-6-14-34-22)17-20-16-25-24(28(20)12-13-32-3)35(30,31)18-19-7-5-8-21(15-19)33-4/h5-9,14-16H,10-13,17-18H2,1-4H3. The second kappa shape index (κ2) is 12.3. The predicted octanol–water partition coefficient (Wildman–Crippen LogP) is 2.78. The van der Waals surface area contributed by atoms with E-state index in [1.165, 1.54) is 18.4 Å². The molecule has 0 saturated heterocycles. The molecule has 11 heteroatoms. The number of aromatic nitrogens is 2. The molecule has 0 spiro atoms. The minimum absolute atomic E-state index is 0.0384. The number of benzene rings is 1. The van der Waals surface area contributed by atoms with Crippen LogP contribution in [-0.4, -0.2) is 81.7 Å². The first-order chi connectivity index (χ1) is 16.7. The summed E-state index contributed by atoms with van der Waals surface area (Å²) >= 11 is 1.38. The average Bonchev–Trinajstić information content (AvgIpc) is 3.50. The highest BCUT2D eigenvalue weighted by Gasteiger charge is 2.26. The Balaban J connectivity index is 1.92. The SMILES string of the molecule is COCCn1c(CN(CCN(C)C)C(=O)c2cccs2)cnc1S(=O)(=O)Cc1cccc(OC)c1. The lowest BCUT2D eigenvalue weighted by molar-refractivity contribution is 0.0731. The lowest BCUT2D eigenvalue weighted by atomic mass is 10.2. The third-order valence-corrected chi connectivity index (χ3v) is 7.83. The molecule has 9 nitrogen and oxygen atoms in total. The summed E-state index contributed by atoms with van der Waals surface area (Å²) < 4.78 is 38.8. The molecule has 0 atom stereocenters. The minimum atomic E-state index is -3.77. The fourth-order valence-corrected chi connectivity index (χ4v) is 5.76. The molecular weight excluding hydrogens is 488 g/mol. The quantitative estimate of drug-likeness (QED) is 0.342. The van der Waals surface area contributed by atoms with Crippen molar-refractivity contribution in [2.75, 3.05) is 48.0 Å². The molecule has 0 aliphatic heterocycles. The van der Waals surface area contributed by atoms with Gasteiger partial charge in [0.05, 0.1) is 42.8 Å². The molecule has 2 heterocycles. The number of likely N-dealkylation sites (N-methyl/N-ethyl adjacent to an activating group) is 1. The fourth-order valence-electron chi connectivity index (χ4n) is 3.56. The maximum atomic E-state index is 13.4. The van der Waals surface area contributed by atoms with E-state index in [1.807, 2.05) is 30.4 Å². The molecule has 1 amide bonds. The van der Waals surface area contributed by atoms with Crippen LogP contribution in [0.15, 0.2) is 53.1 Å². The molecule has 0 unspecified atom stereocenters. The molecule has 3 rings (SSSR count). The van der Waals surface area contributed by atoms with E-state index >= 15 is 0 Å². The number of ether oxygens (including phenoxy) is 2. The number of imidazole rings is 1. The number of methoxy groups -OCH3 is 2. The van der Waals surface area contributed by atoms with Crippen molar-refractivity contribution in [1.82, 2.24) is 19.4 Å². The van der Waals surface area contributed by atoms with Crippen molar-refractivity contribution in [3.63, 3.8) is 0 Å². The zero-order chi connectivity index (χ0) is 25.4. The molecular formula is C24H32N4O5S2. The van der Waals surface area contributed by atoms with Crippen LogP contribution in [0.5, 0.6) is 5.75 Å². The first kappa shape index (κ1) is 26.9. The summed E-state index contributed by atoms with van der Waals surface area (Å²) in [4.78, 5) is 21.8. The molecule has 0 saturated carbocycles. The molecule has 3 aromatic rings. The van der Waals surface area contributed by atoms with Crippen LogP contribution in [0.2, 0.25) is 0 Å². The number of nitrogens with zero attached hydrogens (tertiary/aromatic N) is 4. The summed E-state index contributed by atoms with van der Waals surface area (Å²) in [5, 5.41) is 1.83. The van der Waals surface area contributed by atoms with Crippen LogP contribution in [0, 0.1) is 0 Å². The van der Waals surface area contributed by atoms with Crippen molar-refractivity contribution >= 4 is 27.1 Å². The Labute approximate surface area is 210 Å². The van der Waals surface area contributed by atoms with Gasteiger partial charge >= 0.3 is 0 Å². The van der Waals surface area contributed by atoms with E-state index in [9.17, 15) is 13.2 Å². The van der Waals surface area contributed by atoms with Gasteiger partial charge in [0.15, 0.2) is 0 Å². The van der Waals surface area contributed by atoms with E-state index in [0.717, 1.165) is 0 Å². The van der Waals surface area contributed by atoms with E-state index in [0.29, 0.717) is 48.1 Å². The van der Waals surface area contributed by atoms with Crippen molar-refractivity contribution in [1.29, 1.82) is 0 Å². The summed E-state index contributed by atoms with van der Waals surface area (Å²) in [6.07, 6.45) is 1.54. The van der Waals surface area contributed by atoms with Crippen molar-refractivity contribution in [2.24, 2.45) is 0 Å². The van der Waals surface area contributed by atoms with Gasteiger partial charge in [-0.05, 0) is 43.2 Å². The Kier molecular flexibility index (Phi) is 9.44. The summed E-state index contributed by atoms with van der Waals surface area (Å²) in [7, 11) is 3.22. The summed E-state index contributed by atoms with van der Waals surface area (Å²) in [6.45, 7) is 2.00. The molecule has 0 aliphatic rings. The molecule has 0 fully saturated rings. The van der Waals surface area contributed by atoms with E-state index in [4.69, 9.17) is 9.47 Å². The Hall–Kier alpha value is -2.73. The molecule has 1 aromatic carbocycles. The number of carbonyl (C=O) groups excluding carboxylic acids is 1. The Bertz CT molecular complexity index is 1210. The summed E-state index contributed by atoms with van der Waals surface area (Å²) in [5.74, 6) is 0.276. The number of hydrogen-bond acceptors (Lipinski definition) is 8. The first-order valence-electron chi connectivity index (χ1n) is 11.1. The van der Waals surface area contributed by atoms with Gasteiger partial charge in [0.1, 0.15) is 5.75 Å². The Morgan fingerprint density at radius 2 is 1.94 bits per heavy atom. The van der Waals surface area contributed by atoms with E-state index in [2.05, 4.69) is 4.98 Å². The van der Waals surface area contributed by atoms with Gasteiger partial charge in [-0.3, -0.25) is 4.79 Å². The normalized spacial score (nSPS) is 11.7. The van der Waals surface area contributed by atoms with Gasteiger partial charge in [-0.1, -0.05) is 18.2 Å². The lowest BCUT2D eigenvalue weighted by Crippen LogP contribution is -2.36. The van der Waals surface area contributed by atoms with Gasteiger partial charge in [-0.25, -0.2) is 13.4 Å². The molecule has 2 aromatic heterocycles. The van der Waals surface area contributed by atoms with Gasteiger partial charge in [-0.2, -0.15) is 0 Å². The van der Waals surface area contributed by atoms with E-state index in [-0.39, 0.29) is 23.4 Å². The zero-order valence-corrected chi connectivity index (χ0v) is 22.1. The van der Waals surface area contributed by atoms with Crippen LogP contribution in [0.3, 0.4) is 0 Å². The number of carbonyl (C=O) groups is 1. The van der Waals surface area contributed by atoms with Gasteiger partial charge in [0, 0.05) is 26.7 Å². The first-order valence-corrected chi connectivity index (χ1v) is 13.6. The predicted molar refractivity (Wildman–Crippen MR) is 136 cm³/mol. The van der Waals surface area contributed by atoms with Crippen LogP contribution < -0.4 is 4.74 Å². The van der Waals surface area contributed by atoms with E-state index in [1.54, 1.807) is 53.1 Å². The topological polar surface area (TPSA) is 94.0 Å². The Morgan fingerprint density at radius 1 is 1.14 bits per heavy atom. The van der Waals surface area contributed by atoms with Crippen molar-refractivity contribution in [3.8, 4) is 5.75 Å². The third-order valence-electron chi connectivity index (χ3n) is 5.38. The van der Waals surface area contributed by atoms with Crippen LogP contribution in [0.25, 0.3) is 0 Å². The molecule has 35 heavy (non-hydrogen) atoms. The van der Waals surface area contributed by atoms with Crippen LogP contribution in [-0.2, 0) is 33.4 Å². The summed E-state index contributed by atoms with van der Waals surface area (Å²) in [5.41, 5.74) is 1.24. The molecule has 0 bridgehead atoms. The zero-order valence-electron chi connectivity index (χ0n) is 20.5. The van der Waals surface area contributed by atoms with Gasteiger partial charge in [0.2, 0.25) is 15.0 Å². The highest BCUT2D eigenvalue weighted by atomic mass is 32.2. The molecule has 0 N–H and O–H groups in total. The molecule has 190 valence electrons. The second-order valence-electron chi connectivity index (χ2n) is 8.29. The van der Waals surface area contributed by atoms with Gasteiger partial charge < -0.3 is 23.8 Å². The second-order valence-corrected chi connectivity index (χ2v) is 11.1. The number of hydrogen-bond donors (Lipinski definition) is 0. The Morgan fingerprint density at radius 3 is 2.60 bits per heavy atom. The minimum Gasteiger partial charge on any atom is -0.497 e. The lowest BCUT2D eigenvalue weighted by Gasteiger charge is -2.24. The van der Waals surface area contributed by atoms with Crippen molar-refractivity contribution in [3.05, 3.63) is 64.1 Å². The number of amides is 1. The molecule has 0 aliphatic carbocycles. The number of thiophene rings is 1. The maximum absolute atomic E-state index is 13.4. The van der Waals surface area contributed by atoms with Crippen LogP contribution >= 0.6 is 11.3 Å². The van der Waals surface area contributed by atoms with Gasteiger partial charge in [-0.15, -0.1) is 11.3 Å². The maximum Gasteiger partial charge on any atom is 0.264 e. The third kappa shape index (κ3) is 7.14. The van der Waals surface area contributed by atoms with Crippen LogP contribution in [0.1, 0.15) is 20.9 Å². The fraction of sp³-hybridized carbons (Fsp3) is 0.417. The number of sulfone groups is 1. The average molecular weight is 521 g/mol. The van der Waals surface area contributed by atoms with Crippen molar-refractivity contribution in [2.45, 2.75) is 24.0 Å². The largest absolute Gasteiger partial charge is 0.497 e. The highest BCUT2D eigenvalue weighted by Crippen LogP contribution is 2.22. The van der Waals surface area contributed by atoms with E-state index < -0.39 is 9.84 Å². The monoisotopic (exact) mass is 520 g/mol. The number of rotatable bonds is 13. The van der Waals surface area contributed by atoms with Gasteiger partial charge in [0.25, 0.3) is 5.91 Å². The summed E-state index contributed by atoms with van der Waals surface area (Å²) in [6, 6.07) is 10.6. The smallest absolute Gasteiger partial charge is 0.264 e. The van der Waals surface area contributed by atoms with Crippen molar-refractivity contribution < 1.29 is 22.7 Å². The molecule has 0 radical (unpaired) electrons.